The normalized spacial score (nSPS) is 12.4. The van der Waals surface area contributed by atoms with Crippen LogP contribution in [0.25, 0.3) is 0 Å². The van der Waals surface area contributed by atoms with Gasteiger partial charge in [0.25, 0.3) is 0 Å². The molecule has 0 amide bonds. The summed E-state index contributed by atoms with van der Waals surface area (Å²) in [5, 5.41) is 0. The summed E-state index contributed by atoms with van der Waals surface area (Å²) in [5.41, 5.74) is 0.449. The van der Waals surface area contributed by atoms with E-state index in [-0.39, 0.29) is 5.75 Å². The highest BCUT2D eigenvalue weighted by atomic mass is 19.2. The molecule has 0 aliphatic heterocycles. The number of methoxy groups -OCH3 is 1. The van der Waals surface area contributed by atoms with Crippen LogP contribution in [0.5, 0.6) is 5.75 Å². The molecule has 0 spiro atoms. The molecular weight excluding hydrogens is 258 g/mol. The van der Waals surface area contributed by atoms with Crippen LogP contribution < -0.4 is 4.74 Å². The number of benzene rings is 1. The molecule has 0 aromatic heterocycles. The van der Waals surface area contributed by atoms with E-state index in [4.69, 9.17) is 4.74 Å². The molecule has 0 radical (unpaired) electrons. The van der Waals surface area contributed by atoms with Gasteiger partial charge in [-0.2, -0.15) is 4.39 Å². The first-order valence-corrected chi connectivity index (χ1v) is 7.61. The maximum atomic E-state index is 13.7. The highest BCUT2D eigenvalue weighted by molar-refractivity contribution is 5.31. The summed E-state index contributed by atoms with van der Waals surface area (Å²) in [6.45, 7) is 4.49. The minimum absolute atomic E-state index is 0.0281. The Morgan fingerprint density at radius 1 is 1.05 bits per heavy atom. The summed E-state index contributed by atoms with van der Waals surface area (Å²) in [7, 11) is 1.34. The number of unbranched alkanes of at least 4 members (excludes halogenated alkanes) is 2. The molecule has 0 aliphatic carbocycles. The van der Waals surface area contributed by atoms with Crippen molar-refractivity contribution < 1.29 is 13.5 Å². The average Bonchev–Trinajstić information content (AvgIpc) is 2.43. The maximum Gasteiger partial charge on any atom is 0.200 e. The molecule has 0 N–H and O–H groups in total. The third kappa shape index (κ3) is 5.10. The second-order valence-electron chi connectivity index (χ2n) is 5.55. The van der Waals surface area contributed by atoms with E-state index in [1.807, 2.05) is 0 Å². The zero-order valence-corrected chi connectivity index (χ0v) is 12.8. The van der Waals surface area contributed by atoms with Crippen molar-refractivity contribution in [3.8, 4) is 5.75 Å². The van der Waals surface area contributed by atoms with Crippen molar-refractivity contribution >= 4 is 0 Å². The van der Waals surface area contributed by atoms with Gasteiger partial charge in [0.15, 0.2) is 11.6 Å². The maximum absolute atomic E-state index is 13.7. The van der Waals surface area contributed by atoms with E-state index < -0.39 is 11.6 Å². The van der Waals surface area contributed by atoms with Crippen molar-refractivity contribution in [2.24, 2.45) is 5.92 Å². The molecule has 114 valence electrons. The fourth-order valence-electron chi connectivity index (χ4n) is 2.54. The van der Waals surface area contributed by atoms with Crippen LogP contribution in [0.3, 0.4) is 0 Å². The largest absolute Gasteiger partial charge is 0.494 e. The lowest BCUT2D eigenvalue weighted by Gasteiger charge is -2.10. The zero-order valence-electron chi connectivity index (χ0n) is 12.8. The molecule has 0 saturated heterocycles. The minimum atomic E-state index is -0.874. The van der Waals surface area contributed by atoms with E-state index >= 15 is 0 Å². The van der Waals surface area contributed by atoms with Crippen molar-refractivity contribution in [1.82, 2.24) is 0 Å². The molecule has 0 saturated carbocycles. The van der Waals surface area contributed by atoms with Crippen molar-refractivity contribution in [2.75, 3.05) is 7.11 Å². The Kier molecular flexibility index (Phi) is 7.56. The topological polar surface area (TPSA) is 9.23 Å². The molecule has 1 nitrogen and oxygen atoms in total. The van der Waals surface area contributed by atoms with Gasteiger partial charge in [0.2, 0.25) is 5.82 Å². The van der Waals surface area contributed by atoms with Gasteiger partial charge < -0.3 is 4.74 Å². The van der Waals surface area contributed by atoms with Crippen LogP contribution in [0, 0.1) is 17.6 Å². The lowest BCUT2D eigenvalue weighted by molar-refractivity contribution is 0.369. The molecule has 1 rings (SSSR count). The highest BCUT2D eigenvalue weighted by Gasteiger charge is 2.13. The Balaban J connectivity index is 2.34. The van der Waals surface area contributed by atoms with Gasteiger partial charge >= 0.3 is 0 Å². The zero-order chi connectivity index (χ0) is 15.0. The summed E-state index contributed by atoms with van der Waals surface area (Å²) < 4.78 is 32.0. The van der Waals surface area contributed by atoms with Crippen molar-refractivity contribution in [2.45, 2.75) is 58.8 Å². The number of hydrogen-bond donors (Lipinski definition) is 0. The Bertz CT molecular complexity index is 404. The molecule has 3 heteroatoms. The Hall–Kier alpha value is -1.12. The SMILES string of the molecule is CCCC(C)CCCCCc1ccc(OC)c(F)c1F. The van der Waals surface area contributed by atoms with Crippen LogP contribution in [-0.4, -0.2) is 7.11 Å². The van der Waals surface area contributed by atoms with Gasteiger partial charge in [0.1, 0.15) is 0 Å². The van der Waals surface area contributed by atoms with E-state index in [2.05, 4.69) is 13.8 Å². The highest BCUT2D eigenvalue weighted by Crippen LogP contribution is 2.24. The molecule has 1 aromatic rings. The van der Waals surface area contributed by atoms with Gasteiger partial charge in [-0.3, -0.25) is 0 Å². The van der Waals surface area contributed by atoms with Gasteiger partial charge in [-0.1, -0.05) is 52.0 Å². The van der Waals surface area contributed by atoms with E-state index in [1.165, 1.54) is 38.9 Å². The quantitative estimate of drug-likeness (QED) is 0.543. The summed E-state index contributed by atoms with van der Waals surface area (Å²) in [5.74, 6) is -0.889. The van der Waals surface area contributed by atoms with Crippen LogP contribution >= 0.6 is 0 Å². The monoisotopic (exact) mass is 284 g/mol. The predicted molar refractivity (Wildman–Crippen MR) is 79.2 cm³/mol. The molecule has 0 aliphatic rings. The van der Waals surface area contributed by atoms with Gasteiger partial charge in [-0.15, -0.1) is 0 Å². The molecule has 1 unspecified atom stereocenters. The molecule has 0 heterocycles. The predicted octanol–water partition coefficient (Wildman–Crippen LogP) is 5.51. The standard InChI is InChI=1S/C17H26F2O/c1-4-8-13(2)9-6-5-7-10-14-11-12-15(20-3)17(19)16(14)18/h11-13H,4-10H2,1-3H3. The lowest BCUT2D eigenvalue weighted by atomic mass is 9.97. The first kappa shape index (κ1) is 16.9. The average molecular weight is 284 g/mol. The van der Waals surface area contributed by atoms with Crippen molar-refractivity contribution in [3.05, 3.63) is 29.3 Å². The summed E-state index contributed by atoms with van der Waals surface area (Å²) in [6, 6.07) is 3.12. The third-order valence-corrected chi connectivity index (χ3v) is 3.77. The molecule has 0 bridgehead atoms. The number of hydrogen-bond acceptors (Lipinski definition) is 1. The smallest absolute Gasteiger partial charge is 0.200 e. The summed E-state index contributed by atoms with van der Waals surface area (Å²) >= 11 is 0. The van der Waals surface area contributed by atoms with E-state index in [1.54, 1.807) is 6.07 Å². The van der Waals surface area contributed by atoms with Gasteiger partial charge in [0.05, 0.1) is 7.11 Å². The van der Waals surface area contributed by atoms with E-state index in [0.29, 0.717) is 12.0 Å². The second kappa shape index (κ2) is 8.93. The fourth-order valence-corrected chi connectivity index (χ4v) is 2.54. The molecule has 20 heavy (non-hydrogen) atoms. The Labute approximate surface area is 121 Å². The van der Waals surface area contributed by atoms with Crippen LogP contribution in [0.2, 0.25) is 0 Å². The molecule has 1 atom stereocenters. The van der Waals surface area contributed by atoms with Gasteiger partial charge in [-0.25, -0.2) is 4.39 Å². The number of aryl methyl sites for hydroxylation is 1. The van der Waals surface area contributed by atoms with Crippen LogP contribution in [0.15, 0.2) is 12.1 Å². The molecular formula is C17H26F2O. The van der Waals surface area contributed by atoms with Crippen molar-refractivity contribution in [1.29, 1.82) is 0 Å². The van der Waals surface area contributed by atoms with Crippen LogP contribution in [0.1, 0.15) is 57.9 Å². The summed E-state index contributed by atoms with van der Waals surface area (Å²) in [6.07, 6.45) is 7.47. The van der Waals surface area contributed by atoms with E-state index in [0.717, 1.165) is 18.8 Å². The Morgan fingerprint density at radius 2 is 1.80 bits per heavy atom. The van der Waals surface area contributed by atoms with Crippen LogP contribution in [-0.2, 0) is 6.42 Å². The Morgan fingerprint density at radius 3 is 2.45 bits per heavy atom. The van der Waals surface area contributed by atoms with Gasteiger partial charge in [0, 0.05) is 0 Å². The van der Waals surface area contributed by atoms with Crippen molar-refractivity contribution in [3.63, 3.8) is 0 Å². The first-order chi connectivity index (χ1) is 9.60. The van der Waals surface area contributed by atoms with Crippen LogP contribution in [0.4, 0.5) is 8.78 Å². The number of halogens is 2. The second-order valence-corrected chi connectivity index (χ2v) is 5.55. The summed E-state index contributed by atoms with van der Waals surface area (Å²) in [4.78, 5) is 0. The molecule has 1 aromatic carbocycles. The first-order valence-electron chi connectivity index (χ1n) is 7.61. The third-order valence-electron chi connectivity index (χ3n) is 3.77. The molecule has 0 fully saturated rings. The van der Waals surface area contributed by atoms with Gasteiger partial charge in [-0.05, 0) is 30.4 Å². The van der Waals surface area contributed by atoms with E-state index in [9.17, 15) is 8.78 Å². The fraction of sp³-hybridized carbons (Fsp3) is 0.647. The minimum Gasteiger partial charge on any atom is -0.494 e. The lowest BCUT2D eigenvalue weighted by Crippen LogP contribution is -1.99. The number of rotatable bonds is 9. The number of ether oxygens (including phenoxy) is 1.